The Morgan fingerprint density at radius 1 is 1.58 bits per heavy atom. The lowest BCUT2D eigenvalue weighted by Crippen LogP contribution is -2.31. The first-order valence-corrected chi connectivity index (χ1v) is 7.37. The first-order valence-electron chi connectivity index (χ1n) is 6.49. The summed E-state index contributed by atoms with van der Waals surface area (Å²) in [5, 5.41) is 3.03. The maximum absolute atomic E-state index is 12.1. The number of hydrogen-bond acceptors (Lipinski definition) is 5. The van der Waals surface area contributed by atoms with Crippen molar-refractivity contribution in [3.05, 3.63) is 16.1 Å². The molecular weight excluding hydrogens is 264 g/mol. The molecule has 1 amide bonds. The fourth-order valence-electron chi connectivity index (χ4n) is 2.72. The molecule has 102 valence electrons. The van der Waals surface area contributed by atoms with Crippen molar-refractivity contribution >= 4 is 23.2 Å². The van der Waals surface area contributed by atoms with Gasteiger partial charge >= 0.3 is 5.97 Å². The second-order valence-electron chi connectivity index (χ2n) is 5.15. The molecule has 2 atom stereocenters. The molecule has 3 heterocycles. The molecule has 0 N–H and O–H groups in total. The summed E-state index contributed by atoms with van der Waals surface area (Å²) in [6, 6.07) is 0. The number of rotatable bonds is 3. The van der Waals surface area contributed by atoms with Crippen LogP contribution in [-0.4, -0.2) is 41.5 Å². The van der Waals surface area contributed by atoms with Crippen molar-refractivity contribution in [3.8, 4) is 0 Å². The molecule has 0 bridgehead atoms. The van der Waals surface area contributed by atoms with Crippen molar-refractivity contribution in [2.75, 3.05) is 19.7 Å². The Labute approximate surface area is 115 Å². The zero-order valence-electron chi connectivity index (χ0n) is 10.8. The SMILES string of the molecule is Cc1nc(CCC(=O)N2C[C@@H]3COC(=O)[C@@H]3C2)cs1. The van der Waals surface area contributed by atoms with Gasteiger partial charge in [0.2, 0.25) is 5.91 Å². The molecule has 3 rings (SSSR count). The number of cyclic esters (lactones) is 1. The Bertz CT molecular complexity index is 514. The van der Waals surface area contributed by atoms with Crippen molar-refractivity contribution in [2.45, 2.75) is 19.8 Å². The molecule has 5 nitrogen and oxygen atoms in total. The summed E-state index contributed by atoms with van der Waals surface area (Å²) < 4.78 is 4.99. The fourth-order valence-corrected chi connectivity index (χ4v) is 3.37. The monoisotopic (exact) mass is 280 g/mol. The minimum atomic E-state index is -0.143. The minimum Gasteiger partial charge on any atom is -0.465 e. The number of aromatic nitrogens is 1. The number of hydrogen-bond donors (Lipinski definition) is 0. The molecular formula is C13H16N2O3S. The van der Waals surface area contributed by atoms with Gasteiger partial charge in [-0.25, -0.2) is 4.98 Å². The van der Waals surface area contributed by atoms with E-state index in [1.54, 1.807) is 16.2 Å². The largest absolute Gasteiger partial charge is 0.465 e. The number of thiazole rings is 1. The van der Waals surface area contributed by atoms with Crippen molar-refractivity contribution in [1.82, 2.24) is 9.88 Å². The Hall–Kier alpha value is -1.43. The number of carbonyl (C=O) groups excluding carboxylic acids is 2. The number of aryl methyl sites for hydroxylation is 2. The number of fused-ring (bicyclic) bond motifs is 1. The van der Waals surface area contributed by atoms with Crippen LogP contribution in [0.1, 0.15) is 17.1 Å². The molecule has 2 aliphatic rings. The van der Waals surface area contributed by atoms with Crippen LogP contribution in [0.3, 0.4) is 0 Å². The lowest BCUT2D eigenvalue weighted by Gasteiger charge is -2.16. The highest BCUT2D eigenvalue weighted by Crippen LogP contribution is 2.30. The summed E-state index contributed by atoms with van der Waals surface area (Å²) in [7, 11) is 0. The third kappa shape index (κ3) is 2.49. The van der Waals surface area contributed by atoms with E-state index in [2.05, 4.69) is 4.98 Å². The van der Waals surface area contributed by atoms with Crippen LogP contribution < -0.4 is 0 Å². The standard InChI is InChI=1S/C13H16N2O3S/c1-8-14-10(7-19-8)2-3-12(16)15-4-9-6-18-13(17)11(9)5-15/h7,9,11H,2-6H2,1H3/t9-,11-/m1/s1. The lowest BCUT2D eigenvalue weighted by molar-refractivity contribution is -0.142. The molecule has 2 fully saturated rings. The van der Waals surface area contributed by atoms with Gasteiger partial charge in [0.05, 0.1) is 23.2 Å². The highest BCUT2D eigenvalue weighted by molar-refractivity contribution is 7.09. The van der Waals surface area contributed by atoms with Gasteiger partial charge in [-0.15, -0.1) is 11.3 Å². The number of amides is 1. The van der Waals surface area contributed by atoms with Gasteiger partial charge in [-0.05, 0) is 13.3 Å². The van der Waals surface area contributed by atoms with Crippen LogP contribution in [0.2, 0.25) is 0 Å². The van der Waals surface area contributed by atoms with Gasteiger partial charge in [-0.3, -0.25) is 9.59 Å². The highest BCUT2D eigenvalue weighted by atomic mass is 32.1. The van der Waals surface area contributed by atoms with E-state index < -0.39 is 0 Å². The fraction of sp³-hybridized carbons (Fsp3) is 0.615. The van der Waals surface area contributed by atoms with Crippen LogP contribution >= 0.6 is 11.3 Å². The predicted molar refractivity (Wildman–Crippen MR) is 69.7 cm³/mol. The van der Waals surface area contributed by atoms with E-state index in [-0.39, 0.29) is 23.7 Å². The molecule has 0 unspecified atom stereocenters. The van der Waals surface area contributed by atoms with Crippen LogP contribution in [0.15, 0.2) is 5.38 Å². The molecule has 0 aromatic carbocycles. The molecule has 1 aromatic rings. The summed E-state index contributed by atoms with van der Waals surface area (Å²) in [5.41, 5.74) is 0.981. The van der Waals surface area contributed by atoms with Gasteiger partial charge in [0, 0.05) is 30.8 Å². The molecule has 0 spiro atoms. The molecule has 1 aromatic heterocycles. The molecule has 2 saturated heterocycles. The molecule has 6 heteroatoms. The molecule has 19 heavy (non-hydrogen) atoms. The zero-order valence-corrected chi connectivity index (χ0v) is 11.6. The smallest absolute Gasteiger partial charge is 0.311 e. The maximum Gasteiger partial charge on any atom is 0.311 e. The van der Waals surface area contributed by atoms with Crippen LogP contribution in [0.5, 0.6) is 0 Å². The van der Waals surface area contributed by atoms with Crippen molar-refractivity contribution < 1.29 is 14.3 Å². The van der Waals surface area contributed by atoms with E-state index >= 15 is 0 Å². The van der Waals surface area contributed by atoms with Gasteiger partial charge in [0.1, 0.15) is 0 Å². The normalized spacial score (nSPS) is 25.5. The van der Waals surface area contributed by atoms with Crippen molar-refractivity contribution in [3.63, 3.8) is 0 Å². The molecule has 2 aliphatic heterocycles. The van der Waals surface area contributed by atoms with E-state index in [1.807, 2.05) is 12.3 Å². The Morgan fingerprint density at radius 3 is 3.11 bits per heavy atom. The van der Waals surface area contributed by atoms with Gasteiger partial charge < -0.3 is 9.64 Å². The quantitative estimate of drug-likeness (QED) is 0.776. The topological polar surface area (TPSA) is 59.5 Å². The summed E-state index contributed by atoms with van der Waals surface area (Å²) in [5.74, 6) is 0.0895. The second kappa shape index (κ2) is 4.92. The third-order valence-electron chi connectivity index (χ3n) is 3.80. The number of likely N-dealkylation sites (tertiary alicyclic amines) is 1. The van der Waals surface area contributed by atoms with Gasteiger partial charge in [0.25, 0.3) is 0 Å². The van der Waals surface area contributed by atoms with E-state index in [9.17, 15) is 9.59 Å². The average molecular weight is 280 g/mol. The van der Waals surface area contributed by atoms with E-state index in [1.165, 1.54) is 0 Å². The third-order valence-corrected chi connectivity index (χ3v) is 4.62. The van der Waals surface area contributed by atoms with Gasteiger partial charge in [0.15, 0.2) is 0 Å². The van der Waals surface area contributed by atoms with Crippen LogP contribution in [0.25, 0.3) is 0 Å². The number of nitrogens with zero attached hydrogens (tertiary/aromatic N) is 2. The average Bonchev–Trinajstić information content (AvgIpc) is 3.05. The Kier molecular flexibility index (Phi) is 3.26. The minimum absolute atomic E-state index is 0.0922. The highest BCUT2D eigenvalue weighted by Gasteiger charge is 2.45. The first-order chi connectivity index (χ1) is 9.13. The maximum atomic E-state index is 12.1. The van der Waals surface area contributed by atoms with Gasteiger partial charge in [-0.2, -0.15) is 0 Å². The lowest BCUT2D eigenvalue weighted by atomic mass is 10.0. The number of carbonyl (C=O) groups is 2. The number of ether oxygens (including phenoxy) is 1. The first kappa shape index (κ1) is 12.6. The molecule has 0 aliphatic carbocycles. The Morgan fingerprint density at radius 2 is 2.42 bits per heavy atom. The zero-order chi connectivity index (χ0) is 13.4. The molecule has 0 radical (unpaired) electrons. The van der Waals surface area contributed by atoms with Gasteiger partial charge in [-0.1, -0.05) is 0 Å². The Balaban J connectivity index is 1.53. The van der Waals surface area contributed by atoms with Crippen LogP contribution in [0, 0.1) is 18.8 Å². The summed E-state index contributed by atoms with van der Waals surface area (Å²) in [6.45, 7) is 3.62. The summed E-state index contributed by atoms with van der Waals surface area (Å²) >= 11 is 1.60. The molecule has 0 saturated carbocycles. The van der Waals surface area contributed by atoms with Crippen molar-refractivity contribution in [1.29, 1.82) is 0 Å². The summed E-state index contributed by atoms with van der Waals surface area (Å²) in [6.07, 6.45) is 1.15. The predicted octanol–water partition coefficient (Wildman–Crippen LogP) is 1.02. The summed E-state index contributed by atoms with van der Waals surface area (Å²) in [4.78, 5) is 29.7. The second-order valence-corrected chi connectivity index (χ2v) is 6.22. The van der Waals surface area contributed by atoms with Crippen LogP contribution in [-0.2, 0) is 20.7 Å². The van der Waals surface area contributed by atoms with E-state index in [0.717, 1.165) is 10.7 Å². The van der Waals surface area contributed by atoms with Crippen molar-refractivity contribution in [2.24, 2.45) is 11.8 Å². The van der Waals surface area contributed by atoms with Crippen LogP contribution in [0.4, 0.5) is 0 Å². The van der Waals surface area contributed by atoms with E-state index in [0.29, 0.717) is 32.5 Å². The number of esters is 1. The van der Waals surface area contributed by atoms with E-state index in [4.69, 9.17) is 4.74 Å².